The number of carbonyl (C=O) groups is 2. The molecule has 0 bridgehead atoms. The Morgan fingerprint density at radius 1 is 1.03 bits per heavy atom. The van der Waals surface area contributed by atoms with Crippen molar-refractivity contribution >= 4 is 22.9 Å². The van der Waals surface area contributed by atoms with Crippen LogP contribution in [-0.2, 0) is 22.7 Å². The van der Waals surface area contributed by atoms with E-state index in [0.717, 1.165) is 36.9 Å². The van der Waals surface area contributed by atoms with E-state index < -0.39 is 5.76 Å². The lowest BCUT2D eigenvalue weighted by Gasteiger charge is -2.47. The first-order valence-corrected chi connectivity index (χ1v) is 11.5. The molecule has 1 fully saturated rings. The number of oxazole rings is 1. The summed E-state index contributed by atoms with van der Waals surface area (Å²) in [5.41, 5.74) is 2.92. The van der Waals surface area contributed by atoms with Gasteiger partial charge in [0.15, 0.2) is 5.58 Å². The van der Waals surface area contributed by atoms with Crippen molar-refractivity contribution in [3.63, 3.8) is 0 Å². The fourth-order valence-corrected chi connectivity index (χ4v) is 5.13. The Bertz CT molecular complexity index is 1270. The van der Waals surface area contributed by atoms with Crippen molar-refractivity contribution in [2.45, 2.75) is 45.2 Å². The molecule has 3 aromatic rings. The van der Waals surface area contributed by atoms with Crippen LogP contribution in [0, 0.1) is 5.41 Å². The van der Waals surface area contributed by atoms with Gasteiger partial charge in [-0.15, -0.1) is 0 Å². The second kappa shape index (κ2) is 8.73. The van der Waals surface area contributed by atoms with Crippen LogP contribution < -0.4 is 11.1 Å². The van der Waals surface area contributed by atoms with Gasteiger partial charge in [0.1, 0.15) is 6.54 Å². The Morgan fingerprint density at radius 2 is 1.82 bits per heavy atom. The van der Waals surface area contributed by atoms with Crippen molar-refractivity contribution in [3.8, 4) is 0 Å². The largest absolute Gasteiger partial charge is 0.420 e. The van der Waals surface area contributed by atoms with Gasteiger partial charge in [0.25, 0.3) is 0 Å². The first-order valence-electron chi connectivity index (χ1n) is 11.5. The van der Waals surface area contributed by atoms with Gasteiger partial charge in [-0.25, -0.2) is 4.79 Å². The number of fused-ring (bicyclic) bond motifs is 2. The van der Waals surface area contributed by atoms with E-state index in [-0.39, 0.29) is 23.8 Å². The predicted molar refractivity (Wildman–Crippen MR) is 124 cm³/mol. The highest BCUT2D eigenvalue weighted by atomic mass is 16.4. The molecule has 7 nitrogen and oxygen atoms in total. The van der Waals surface area contributed by atoms with Crippen LogP contribution >= 0.6 is 0 Å². The molecule has 1 aliphatic carbocycles. The number of hydrogen-bond donors (Lipinski definition) is 1. The first kappa shape index (κ1) is 21.2. The SMILES string of the molecule is O=C(Cn1c(=O)oc2ccccc21)NCC12CCCC=C1N(Cc1ccccc1)C(=O)CC2. The molecule has 170 valence electrons. The predicted octanol–water partition coefficient (Wildman–Crippen LogP) is 3.59. The van der Waals surface area contributed by atoms with Crippen LogP contribution in [0.1, 0.15) is 37.7 Å². The summed E-state index contributed by atoms with van der Waals surface area (Å²) < 4.78 is 6.59. The van der Waals surface area contributed by atoms with Crippen LogP contribution in [0.15, 0.2) is 75.6 Å². The highest BCUT2D eigenvalue weighted by molar-refractivity contribution is 5.81. The van der Waals surface area contributed by atoms with E-state index in [1.165, 1.54) is 4.57 Å². The number of benzene rings is 2. The number of piperidine rings is 1. The normalized spacial score (nSPS) is 20.4. The molecular weight excluding hydrogens is 418 g/mol. The molecule has 1 unspecified atom stereocenters. The number of nitrogens with zero attached hydrogens (tertiary/aromatic N) is 2. The number of likely N-dealkylation sites (tertiary alicyclic amines) is 1. The summed E-state index contributed by atoms with van der Waals surface area (Å²) in [6.45, 7) is 0.885. The summed E-state index contributed by atoms with van der Waals surface area (Å²) in [7, 11) is 0. The Balaban J connectivity index is 1.33. The molecule has 2 heterocycles. The Kier molecular flexibility index (Phi) is 5.62. The molecule has 0 saturated carbocycles. The maximum atomic E-state index is 12.9. The lowest BCUT2D eigenvalue weighted by atomic mass is 9.69. The lowest BCUT2D eigenvalue weighted by Crippen LogP contribution is -2.50. The fourth-order valence-electron chi connectivity index (χ4n) is 5.13. The van der Waals surface area contributed by atoms with Crippen molar-refractivity contribution in [1.82, 2.24) is 14.8 Å². The second-order valence-electron chi connectivity index (χ2n) is 8.93. The molecule has 33 heavy (non-hydrogen) atoms. The summed E-state index contributed by atoms with van der Waals surface area (Å²) >= 11 is 0. The van der Waals surface area contributed by atoms with E-state index in [1.807, 2.05) is 41.3 Å². The van der Waals surface area contributed by atoms with Crippen molar-refractivity contribution in [3.05, 3.63) is 82.5 Å². The molecular formula is C26H27N3O4. The smallest absolute Gasteiger partial charge is 0.408 e. The summed E-state index contributed by atoms with van der Waals surface area (Å²) in [5.74, 6) is -0.653. The third kappa shape index (κ3) is 4.11. The third-order valence-electron chi connectivity index (χ3n) is 6.83. The van der Waals surface area contributed by atoms with Gasteiger partial charge in [-0.2, -0.15) is 0 Å². The van der Waals surface area contributed by atoms with Crippen molar-refractivity contribution < 1.29 is 14.0 Å². The summed E-state index contributed by atoms with van der Waals surface area (Å²) in [4.78, 5) is 39.8. The maximum Gasteiger partial charge on any atom is 0.420 e. The number of allylic oxidation sites excluding steroid dienone is 1. The molecule has 5 rings (SSSR count). The van der Waals surface area contributed by atoms with Crippen LogP contribution in [0.5, 0.6) is 0 Å². The van der Waals surface area contributed by atoms with E-state index >= 15 is 0 Å². The average Bonchev–Trinajstić information content (AvgIpc) is 3.15. The maximum absolute atomic E-state index is 12.9. The Morgan fingerprint density at radius 3 is 2.67 bits per heavy atom. The number of amides is 2. The van der Waals surface area contributed by atoms with Crippen LogP contribution in [0.2, 0.25) is 0 Å². The van der Waals surface area contributed by atoms with Crippen molar-refractivity contribution in [1.29, 1.82) is 0 Å². The van der Waals surface area contributed by atoms with Gasteiger partial charge in [0.05, 0.1) is 12.1 Å². The van der Waals surface area contributed by atoms with E-state index in [4.69, 9.17) is 4.42 Å². The molecule has 1 saturated heterocycles. The summed E-state index contributed by atoms with van der Waals surface area (Å²) in [5, 5.41) is 3.05. The molecule has 0 spiro atoms. The van der Waals surface area contributed by atoms with Crippen LogP contribution in [0.3, 0.4) is 0 Å². The van der Waals surface area contributed by atoms with Crippen molar-refractivity contribution in [2.75, 3.05) is 6.54 Å². The minimum absolute atomic E-state index is 0.0996. The molecule has 1 aromatic heterocycles. The number of para-hydroxylation sites is 2. The van der Waals surface area contributed by atoms with E-state index in [9.17, 15) is 14.4 Å². The minimum atomic E-state index is -0.542. The topological polar surface area (TPSA) is 84.5 Å². The molecule has 2 amide bonds. The average molecular weight is 446 g/mol. The third-order valence-corrected chi connectivity index (χ3v) is 6.83. The fraction of sp³-hybridized carbons (Fsp3) is 0.346. The highest BCUT2D eigenvalue weighted by Gasteiger charge is 2.44. The van der Waals surface area contributed by atoms with Gasteiger partial charge >= 0.3 is 5.76 Å². The number of aromatic nitrogens is 1. The minimum Gasteiger partial charge on any atom is -0.408 e. The Hall–Kier alpha value is -3.61. The van der Waals surface area contributed by atoms with Crippen LogP contribution in [0.4, 0.5) is 0 Å². The van der Waals surface area contributed by atoms with Gasteiger partial charge in [0, 0.05) is 24.1 Å². The van der Waals surface area contributed by atoms with Gasteiger partial charge in [-0.3, -0.25) is 14.2 Å². The number of nitrogens with one attached hydrogen (secondary N) is 1. The molecule has 1 N–H and O–H groups in total. The van der Waals surface area contributed by atoms with Gasteiger partial charge < -0.3 is 14.6 Å². The molecule has 7 heteroatoms. The van der Waals surface area contributed by atoms with Gasteiger partial charge in [0.2, 0.25) is 11.8 Å². The van der Waals surface area contributed by atoms with E-state index in [1.54, 1.807) is 18.2 Å². The summed E-state index contributed by atoms with van der Waals surface area (Å²) in [6.07, 6.45) is 6.23. The Labute approximate surface area is 191 Å². The number of hydrogen-bond acceptors (Lipinski definition) is 4. The zero-order valence-corrected chi connectivity index (χ0v) is 18.5. The molecule has 2 aromatic carbocycles. The molecule has 0 radical (unpaired) electrons. The number of rotatable bonds is 6. The zero-order chi connectivity index (χ0) is 22.8. The first-order chi connectivity index (χ1) is 16.1. The van der Waals surface area contributed by atoms with Crippen molar-refractivity contribution in [2.24, 2.45) is 5.41 Å². The molecule has 1 atom stereocenters. The molecule has 2 aliphatic rings. The van der Waals surface area contributed by atoms with Crippen LogP contribution in [-0.4, -0.2) is 27.8 Å². The summed E-state index contributed by atoms with van der Waals surface area (Å²) in [6, 6.07) is 17.1. The molecule has 1 aliphatic heterocycles. The standard InChI is InChI=1S/C26H27N3O4/c30-23(17-28-20-10-4-5-11-21(20)33-25(28)32)27-18-26-14-7-6-12-22(26)29(24(31)13-15-26)16-19-8-2-1-3-9-19/h1-5,8-12H,6-7,13-18H2,(H,27,30). The van der Waals surface area contributed by atoms with Gasteiger partial charge in [-0.1, -0.05) is 48.5 Å². The number of carbonyl (C=O) groups excluding carboxylic acids is 2. The highest BCUT2D eigenvalue weighted by Crippen LogP contribution is 2.46. The monoisotopic (exact) mass is 445 g/mol. The lowest BCUT2D eigenvalue weighted by molar-refractivity contribution is -0.134. The van der Waals surface area contributed by atoms with Crippen LogP contribution in [0.25, 0.3) is 11.1 Å². The second-order valence-corrected chi connectivity index (χ2v) is 8.93. The van der Waals surface area contributed by atoms with Gasteiger partial charge in [-0.05, 0) is 43.4 Å². The van der Waals surface area contributed by atoms with E-state index in [2.05, 4.69) is 11.4 Å². The quantitative estimate of drug-likeness (QED) is 0.629. The van der Waals surface area contributed by atoms with E-state index in [0.29, 0.717) is 30.6 Å². The zero-order valence-electron chi connectivity index (χ0n) is 18.5.